The molecular weight excluding hydrogens is 793 g/mol. The summed E-state index contributed by atoms with van der Waals surface area (Å²) in [5.41, 5.74) is 6.26. The number of fused-ring (bicyclic) bond motifs is 9. The molecule has 3 aliphatic rings. The van der Waals surface area contributed by atoms with E-state index in [1.165, 1.54) is 79.1 Å². The Labute approximate surface area is 360 Å². The fraction of sp³-hybridized carbons (Fsp3) is 0.280. The standard InChI is InChI=1S/C50H48O12/c1-47-35-23-29(11-17-41(51)57-5)31(13-19-43(53)59-7)25-37(35)48(2)39-27-33(15-21-45(55)61-9)34(16-22-46(56)62-10)28-40(39)49(3,50(47,48)4)38-26-32(14-20-44(54)60-8)30(24-36(38)47)12-18-42(52)58-6/h11-28H,1-10H3/b17-11+,18-12+,19-13+,20-14+,21-15+,22-16+. The average Bonchev–Trinajstić information content (AvgIpc) is 3.63. The fourth-order valence-electron chi connectivity index (χ4n) is 10.2. The maximum absolute atomic E-state index is 12.5. The Morgan fingerprint density at radius 1 is 0.323 bits per heavy atom. The summed E-state index contributed by atoms with van der Waals surface area (Å²) in [5, 5.41) is 0. The van der Waals surface area contributed by atoms with E-state index in [0.29, 0.717) is 33.4 Å². The lowest BCUT2D eigenvalue weighted by molar-refractivity contribution is -0.135. The first-order valence-corrected chi connectivity index (χ1v) is 19.6. The summed E-state index contributed by atoms with van der Waals surface area (Å²) in [7, 11) is 7.73. The maximum Gasteiger partial charge on any atom is 0.330 e. The monoisotopic (exact) mass is 840 g/mol. The zero-order valence-electron chi connectivity index (χ0n) is 36.3. The molecule has 0 radical (unpaired) electrons. The molecule has 12 nitrogen and oxygen atoms in total. The normalized spacial score (nSPS) is 22.9. The molecule has 0 saturated heterocycles. The number of ether oxygens (including phenoxy) is 6. The molecule has 320 valence electrons. The van der Waals surface area contributed by atoms with Gasteiger partial charge in [0.15, 0.2) is 0 Å². The Morgan fingerprint density at radius 3 is 0.597 bits per heavy atom. The summed E-state index contributed by atoms with van der Waals surface area (Å²) in [4.78, 5) is 74.9. The van der Waals surface area contributed by atoms with Crippen molar-refractivity contribution in [3.63, 3.8) is 0 Å². The number of esters is 6. The van der Waals surface area contributed by atoms with Crippen molar-refractivity contribution in [3.8, 4) is 0 Å². The molecule has 0 amide bonds. The highest BCUT2D eigenvalue weighted by Gasteiger charge is 2.80. The summed E-state index contributed by atoms with van der Waals surface area (Å²) < 4.78 is 29.6. The van der Waals surface area contributed by atoms with Crippen LogP contribution in [-0.2, 0) is 73.4 Å². The molecule has 0 unspecified atom stereocenters. The molecule has 6 rings (SSSR count). The van der Waals surface area contributed by atoms with Crippen LogP contribution in [0.1, 0.15) is 94.5 Å². The molecule has 0 aromatic heterocycles. The predicted octanol–water partition coefficient (Wildman–Crippen LogP) is 7.07. The van der Waals surface area contributed by atoms with Gasteiger partial charge in [0.1, 0.15) is 0 Å². The van der Waals surface area contributed by atoms with Crippen LogP contribution in [0, 0.1) is 5.41 Å². The van der Waals surface area contributed by atoms with Crippen molar-refractivity contribution < 1.29 is 57.2 Å². The second kappa shape index (κ2) is 16.8. The largest absolute Gasteiger partial charge is 0.466 e. The Hall–Kier alpha value is -7.08. The van der Waals surface area contributed by atoms with Gasteiger partial charge in [0.25, 0.3) is 0 Å². The SMILES string of the molecule is COC(=O)/C=C/c1cc2c(cc1/C=C/C(=O)OC)C1(C)c3cc(/C=C/C(=O)OC)c(/C=C/C(=O)OC)cc3C3(C)c4cc(/C=C/C(=O)OC)c(/C=C/C(=O)OC)cc4C2(C)C13C. The van der Waals surface area contributed by atoms with E-state index in [4.69, 9.17) is 28.4 Å². The zero-order valence-corrected chi connectivity index (χ0v) is 36.3. The van der Waals surface area contributed by atoms with Gasteiger partial charge < -0.3 is 28.4 Å². The van der Waals surface area contributed by atoms with Gasteiger partial charge in [-0.3, -0.25) is 0 Å². The highest BCUT2D eigenvalue weighted by atomic mass is 16.5. The summed E-state index contributed by atoms with van der Waals surface area (Å²) in [6.45, 7) is 8.83. The van der Waals surface area contributed by atoms with Crippen molar-refractivity contribution in [2.45, 2.75) is 43.9 Å². The van der Waals surface area contributed by atoms with Gasteiger partial charge in [-0.1, -0.05) is 27.7 Å². The molecule has 62 heavy (non-hydrogen) atoms. The van der Waals surface area contributed by atoms with E-state index in [-0.39, 0.29) is 0 Å². The topological polar surface area (TPSA) is 158 Å². The number of carbonyl (C=O) groups is 6. The van der Waals surface area contributed by atoms with Crippen molar-refractivity contribution >= 4 is 72.3 Å². The molecule has 0 bridgehead atoms. The highest BCUT2D eigenvalue weighted by Crippen LogP contribution is 2.82. The number of rotatable bonds is 12. The lowest BCUT2D eigenvalue weighted by Crippen LogP contribution is -2.51. The second-order valence-corrected chi connectivity index (χ2v) is 15.7. The van der Waals surface area contributed by atoms with E-state index in [2.05, 4.69) is 27.7 Å². The summed E-state index contributed by atoms with van der Waals surface area (Å²) in [6.07, 6.45) is 17.8. The molecule has 0 saturated carbocycles. The van der Waals surface area contributed by atoms with E-state index in [9.17, 15) is 28.8 Å². The van der Waals surface area contributed by atoms with E-state index >= 15 is 0 Å². The number of methoxy groups -OCH3 is 6. The van der Waals surface area contributed by atoms with E-state index in [1.807, 2.05) is 36.4 Å². The van der Waals surface area contributed by atoms with E-state index in [1.54, 1.807) is 36.5 Å². The lowest BCUT2D eigenvalue weighted by Gasteiger charge is -2.49. The Morgan fingerprint density at radius 2 is 0.468 bits per heavy atom. The third kappa shape index (κ3) is 6.70. The van der Waals surface area contributed by atoms with Gasteiger partial charge >= 0.3 is 35.8 Å². The van der Waals surface area contributed by atoms with Crippen molar-refractivity contribution in [2.24, 2.45) is 5.41 Å². The summed E-state index contributed by atoms with van der Waals surface area (Å²) in [5.74, 6) is -3.40. The quantitative estimate of drug-likeness (QED) is 0.104. The first-order chi connectivity index (χ1) is 29.4. The minimum Gasteiger partial charge on any atom is -0.466 e. The van der Waals surface area contributed by atoms with Crippen LogP contribution in [0.5, 0.6) is 0 Å². The van der Waals surface area contributed by atoms with Gasteiger partial charge in [-0.05, 0) is 140 Å². The van der Waals surface area contributed by atoms with Crippen LogP contribution in [0.3, 0.4) is 0 Å². The van der Waals surface area contributed by atoms with E-state index < -0.39 is 57.5 Å². The van der Waals surface area contributed by atoms with Gasteiger partial charge in [0.2, 0.25) is 0 Å². The zero-order chi connectivity index (χ0) is 45.4. The minimum absolute atomic E-state index is 0.567. The molecule has 0 heterocycles. The molecule has 12 heteroatoms. The first kappa shape index (κ1) is 44.5. The fourth-order valence-corrected chi connectivity index (χ4v) is 10.2. The molecule has 3 aliphatic carbocycles. The second-order valence-electron chi connectivity index (χ2n) is 15.7. The molecule has 0 aliphatic heterocycles. The molecule has 0 spiro atoms. The van der Waals surface area contributed by atoms with Crippen LogP contribution >= 0.6 is 0 Å². The third-order valence-corrected chi connectivity index (χ3v) is 13.5. The smallest absolute Gasteiger partial charge is 0.330 e. The van der Waals surface area contributed by atoms with Crippen molar-refractivity contribution in [1.82, 2.24) is 0 Å². The van der Waals surface area contributed by atoms with Crippen LogP contribution in [-0.4, -0.2) is 78.5 Å². The summed E-state index contributed by atoms with van der Waals surface area (Å²) in [6, 6.07) is 12.2. The van der Waals surface area contributed by atoms with Crippen LogP contribution in [0.2, 0.25) is 0 Å². The molecule has 3 aromatic rings. The Balaban J connectivity index is 1.82. The van der Waals surface area contributed by atoms with Crippen LogP contribution in [0.15, 0.2) is 72.9 Å². The average molecular weight is 841 g/mol. The number of hydrogen-bond donors (Lipinski definition) is 0. The molecule has 0 atom stereocenters. The van der Waals surface area contributed by atoms with Crippen LogP contribution < -0.4 is 0 Å². The van der Waals surface area contributed by atoms with Crippen LogP contribution in [0.4, 0.5) is 0 Å². The lowest BCUT2D eigenvalue weighted by atomic mass is 9.52. The number of benzene rings is 3. The molecule has 0 N–H and O–H groups in total. The molecular formula is C50H48O12. The van der Waals surface area contributed by atoms with Crippen molar-refractivity contribution in [1.29, 1.82) is 0 Å². The van der Waals surface area contributed by atoms with Gasteiger partial charge in [-0.2, -0.15) is 0 Å². The molecule has 0 fully saturated rings. The maximum atomic E-state index is 12.5. The Bertz CT molecular complexity index is 2170. The van der Waals surface area contributed by atoms with Gasteiger partial charge in [-0.25, -0.2) is 28.8 Å². The minimum atomic E-state index is -0.818. The number of carbonyl (C=O) groups excluding carboxylic acids is 6. The van der Waals surface area contributed by atoms with Crippen molar-refractivity contribution in [2.75, 3.05) is 42.7 Å². The molecule has 3 aromatic carbocycles. The summed E-state index contributed by atoms with van der Waals surface area (Å²) >= 11 is 0. The van der Waals surface area contributed by atoms with Crippen molar-refractivity contribution in [3.05, 3.63) is 140 Å². The highest BCUT2D eigenvalue weighted by molar-refractivity contribution is 5.95. The van der Waals surface area contributed by atoms with Gasteiger partial charge in [0.05, 0.1) is 42.7 Å². The van der Waals surface area contributed by atoms with Gasteiger partial charge in [-0.15, -0.1) is 0 Å². The third-order valence-electron chi connectivity index (χ3n) is 13.5. The van der Waals surface area contributed by atoms with Gasteiger partial charge in [0, 0.05) is 58.1 Å². The number of hydrogen-bond acceptors (Lipinski definition) is 12. The first-order valence-electron chi connectivity index (χ1n) is 19.6. The van der Waals surface area contributed by atoms with Crippen LogP contribution in [0.25, 0.3) is 36.5 Å². The predicted molar refractivity (Wildman–Crippen MR) is 233 cm³/mol. The Kier molecular flexibility index (Phi) is 12.0. The van der Waals surface area contributed by atoms with E-state index in [0.717, 1.165) is 33.4 Å².